The van der Waals surface area contributed by atoms with Gasteiger partial charge in [0, 0.05) is 11.0 Å². The molecule has 3 aromatic rings. The quantitative estimate of drug-likeness (QED) is 0.528. The van der Waals surface area contributed by atoms with Crippen molar-refractivity contribution in [1.82, 2.24) is 0 Å². The first kappa shape index (κ1) is 21.9. The molecule has 0 bridgehead atoms. The molecule has 1 heterocycles. The molecule has 0 saturated heterocycles. The maximum absolute atomic E-state index is 13.3. The number of halogens is 1. The highest BCUT2D eigenvalue weighted by Crippen LogP contribution is 2.34. The number of anilines is 2. The molecule has 0 spiro atoms. The Labute approximate surface area is 191 Å². The molecule has 0 unspecified atom stereocenters. The maximum Gasteiger partial charge on any atom is 0.264 e. The number of rotatable bonds is 5. The molecule has 3 aromatic carbocycles. The smallest absolute Gasteiger partial charge is 0.264 e. The normalized spacial score (nSPS) is 14.2. The fourth-order valence-corrected chi connectivity index (χ4v) is 6.37. The molecule has 9 heteroatoms. The molecule has 4 rings (SSSR count). The van der Waals surface area contributed by atoms with Gasteiger partial charge in [0.1, 0.15) is 0 Å². The summed E-state index contributed by atoms with van der Waals surface area (Å²) in [5.41, 5.74) is 2.66. The van der Waals surface area contributed by atoms with Crippen molar-refractivity contribution in [3.8, 4) is 0 Å². The van der Waals surface area contributed by atoms with Gasteiger partial charge in [0.05, 0.1) is 21.2 Å². The Morgan fingerprint density at radius 2 is 1.52 bits per heavy atom. The molecule has 1 N–H and O–H groups in total. The van der Waals surface area contributed by atoms with Crippen molar-refractivity contribution in [3.63, 3.8) is 0 Å². The molecule has 1 aliphatic heterocycles. The van der Waals surface area contributed by atoms with E-state index in [1.165, 1.54) is 16.4 Å². The highest BCUT2D eigenvalue weighted by molar-refractivity contribution is 9.10. The van der Waals surface area contributed by atoms with Gasteiger partial charge in [0.15, 0.2) is 0 Å². The van der Waals surface area contributed by atoms with Gasteiger partial charge in [-0.1, -0.05) is 39.7 Å². The third-order valence-corrected chi connectivity index (χ3v) is 8.90. The Morgan fingerprint density at radius 1 is 0.871 bits per heavy atom. The zero-order chi connectivity index (χ0) is 22.2. The van der Waals surface area contributed by atoms with Crippen LogP contribution in [0.5, 0.6) is 0 Å². The van der Waals surface area contributed by atoms with Crippen LogP contribution in [0.15, 0.2) is 81.0 Å². The molecule has 0 aromatic heterocycles. The fourth-order valence-electron chi connectivity index (χ4n) is 3.52. The van der Waals surface area contributed by atoms with E-state index in [4.69, 9.17) is 0 Å². The Bertz CT molecular complexity index is 1320. The first-order chi connectivity index (χ1) is 14.7. The highest BCUT2D eigenvalue weighted by atomic mass is 79.9. The van der Waals surface area contributed by atoms with Gasteiger partial charge in [-0.15, -0.1) is 0 Å². The average Bonchev–Trinajstić information content (AvgIpc) is 2.73. The lowest BCUT2D eigenvalue weighted by molar-refractivity contribution is 0.586. The van der Waals surface area contributed by atoms with E-state index in [0.717, 1.165) is 22.0 Å². The van der Waals surface area contributed by atoms with Crippen molar-refractivity contribution in [2.75, 3.05) is 15.6 Å². The first-order valence-electron chi connectivity index (χ1n) is 9.67. The van der Waals surface area contributed by atoms with Crippen LogP contribution in [0.3, 0.4) is 0 Å². The zero-order valence-electron chi connectivity index (χ0n) is 16.7. The minimum atomic E-state index is -3.81. The molecule has 0 fully saturated rings. The van der Waals surface area contributed by atoms with Crippen LogP contribution in [0.1, 0.15) is 17.5 Å². The maximum atomic E-state index is 13.3. The topological polar surface area (TPSA) is 83.6 Å². The van der Waals surface area contributed by atoms with Crippen molar-refractivity contribution in [3.05, 3.63) is 82.3 Å². The summed E-state index contributed by atoms with van der Waals surface area (Å²) in [6.45, 7) is 2.24. The van der Waals surface area contributed by atoms with Gasteiger partial charge in [0.25, 0.3) is 20.0 Å². The van der Waals surface area contributed by atoms with Crippen LogP contribution in [0, 0.1) is 6.92 Å². The molecule has 0 aliphatic carbocycles. The van der Waals surface area contributed by atoms with Crippen molar-refractivity contribution >= 4 is 47.4 Å². The van der Waals surface area contributed by atoms with Crippen LogP contribution in [0.2, 0.25) is 0 Å². The summed E-state index contributed by atoms with van der Waals surface area (Å²) in [5.74, 6) is 0. The van der Waals surface area contributed by atoms with Crippen LogP contribution in [0.25, 0.3) is 0 Å². The van der Waals surface area contributed by atoms with Gasteiger partial charge in [0.2, 0.25) is 0 Å². The third-order valence-electron chi connectivity index (χ3n) is 5.15. The second kappa shape index (κ2) is 8.29. The molecule has 0 amide bonds. The van der Waals surface area contributed by atoms with E-state index in [9.17, 15) is 16.8 Å². The van der Waals surface area contributed by atoms with Crippen molar-refractivity contribution < 1.29 is 16.8 Å². The van der Waals surface area contributed by atoms with Gasteiger partial charge in [-0.3, -0.25) is 9.03 Å². The molecule has 0 saturated carbocycles. The number of sulfonamides is 2. The van der Waals surface area contributed by atoms with Crippen LogP contribution in [-0.4, -0.2) is 23.4 Å². The lowest BCUT2D eigenvalue weighted by atomic mass is 10.0. The summed E-state index contributed by atoms with van der Waals surface area (Å²) in [6, 6.07) is 18.1. The minimum Gasteiger partial charge on any atom is -0.280 e. The summed E-state index contributed by atoms with van der Waals surface area (Å²) in [5, 5.41) is 0. The minimum absolute atomic E-state index is 0.123. The molecular formula is C22H21BrN2O4S2. The summed E-state index contributed by atoms with van der Waals surface area (Å²) >= 11 is 3.29. The summed E-state index contributed by atoms with van der Waals surface area (Å²) < 4.78 is 56.8. The molecule has 31 heavy (non-hydrogen) atoms. The molecule has 0 radical (unpaired) electrons. The summed E-state index contributed by atoms with van der Waals surface area (Å²) in [4.78, 5) is 0.337. The van der Waals surface area contributed by atoms with Crippen molar-refractivity contribution in [2.45, 2.75) is 29.6 Å². The van der Waals surface area contributed by atoms with E-state index >= 15 is 0 Å². The first-order valence-corrected chi connectivity index (χ1v) is 13.4. The van der Waals surface area contributed by atoms with Gasteiger partial charge in [-0.2, -0.15) is 0 Å². The number of fused-ring (bicyclic) bond motifs is 1. The average molecular weight is 521 g/mol. The van der Waals surface area contributed by atoms with E-state index in [0.29, 0.717) is 24.3 Å². The Balaban J connectivity index is 1.69. The van der Waals surface area contributed by atoms with E-state index < -0.39 is 20.0 Å². The van der Waals surface area contributed by atoms with Crippen LogP contribution >= 0.6 is 15.9 Å². The largest absolute Gasteiger partial charge is 0.280 e. The third kappa shape index (κ3) is 4.49. The second-order valence-electron chi connectivity index (χ2n) is 7.40. The molecule has 162 valence electrons. The van der Waals surface area contributed by atoms with E-state index in [2.05, 4.69) is 20.7 Å². The van der Waals surface area contributed by atoms with E-state index in [1.54, 1.807) is 54.6 Å². The molecule has 1 aliphatic rings. The predicted octanol–water partition coefficient (Wildman–Crippen LogP) is 4.70. The number of nitrogens with one attached hydrogen (secondary N) is 1. The number of hydrogen-bond donors (Lipinski definition) is 1. The molecular weight excluding hydrogens is 500 g/mol. The standard InChI is InChI=1S/C22H21BrN2O4S2/c1-16-4-10-21(11-5-16)31(28,29)25-14-2-3-17-6-9-19(15-22(17)25)24-30(26,27)20-12-7-18(23)8-13-20/h4-13,15,24H,2-3,14H2,1H3. The SMILES string of the molecule is Cc1ccc(S(=O)(=O)N2CCCc3ccc(NS(=O)(=O)c4ccc(Br)cc4)cc32)cc1. The van der Waals surface area contributed by atoms with Gasteiger partial charge >= 0.3 is 0 Å². The molecule has 6 nitrogen and oxygen atoms in total. The number of benzene rings is 3. The van der Waals surface area contributed by atoms with Crippen LogP contribution < -0.4 is 9.03 Å². The molecule has 0 atom stereocenters. The van der Waals surface area contributed by atoms with E-state index in [1.807, 2.05) is 6.92 Å². The lowest BCUT2D eigenvalue weighted by Crippen LogP contribution is -2.35. The number of nitrogens with zero attached hydrogens (tertiary/aromatic N) is 1. The summed E-state index contributed by atoms with van der Waals surface area (Å²) in [7, 11) is -7.56. The Kier molecular flexibility index (Phi) is 5.85. The highest BCUT2D eigenvalue weighted by Gasteiger charge is 2.29. The van der Waals surface area contributed by atoms with E-state index in [-0.39, 0.29) is 9.79 Å². The van der Waals surface area contributed by atoms with Crippen LogP contribution in [0.4, 0.5) is 11.4 Å². The number of hydrogen-bond acceptors (Lipinski definition) is 4. The Morgan fingerprint density at radius 3 is 2.19 bits per heavy atom. The second-order valence-corrected chi connectivity index (χ2v) is 11.9. The predicted molar refractivity (Wildman–Crippen MR) is 125 cm³/mol. The van der Waals surface area contributed by atoms with Crippen molar-refractivity contribution in [1.29, 1.82) is 0 Å². The zero-order valence-corrected chi connectivity index (χ0v) is 20.0. The van der Waals surface area contributed by atoms with Gasteiger partial charge in [-0.05, 0) is 73.9 Å². The Hall–Kier alpha value is -2.36. The van der Waals surface area contributed by atoms with Crippen molar-refractivity contribution in [2.24, 2.45) is 0 Å². The summed E-state index contributed by atoms with van der Waals surface area (Å²) in [6.07, 6.45) is 1.43. The number of aryl methyl sites for hydroxylation is 2. The van der Waals surface area contributed by atoms with Gasteiger partial charge < -0.3 is 0 Å². The van der Waals surface area contributed by atoms with Gasteiger partial charge in [-0.25, -0.2) is 16.8 Å². The monoisotopic (exact) mass is 520 g/mol. The van der Waals surface area contributed by atoms with Crippen LogP contribution in [-0.2, 0) is 26.5 Å². The fraction of sp³-hybridized carbons (Fsp3) is 0.182. The lowest BCUT2D eigenvalue weighted by Gasteiger charge is -2.31.